The Bertz CT molecular complexity index is 1130. The van der Waals surface area contributed by atoms with E-state index < -0.39 is 51.1 Å². The van der Waals surface area contributed by atoms with E-state index in [-0.39, 0.29) is 19.4 Å². The zero-order valence-electron chi connectivity index (χ0n) is 33.3. The molecule has 13 heteroatoms. The molecule has 312 valence electrons. The number of allylic oxidation sites excluding steroid dienone is 5. The number of hydrogen-bond acceptors (Lipinski definition) is 10. The summed E-state index contributed by atoms with van der Waals surface area (Å²) in [6.45, 7) is 2.69. The minimum atomic E-state index is -4.72. The molecule has 0 bridgehead atoms. The van der Waals surface area contributed by atoms with Gasteiger partial charge in [0.15, 0.2) is 6.10 Å². The minimum Gasteiger partial charge on any atom is -0.480 e. The van der Waals surface area contributed by atoms with Gasteiger partial charge in [0, 0.05) is 12.8 Å². The number of phosphoric acid groups is 1. The fraction of sp³-hybridized carbons (Fsp3) is 0.780. The van der Waals surface area contributed by atoms with Gasteiger partial charge in [-0.3, -0.25) is 23.4 Å². The molecular weight excluding hydrogens is 713 g/mol. The molecule has 1 aliphatic rings. The fourth-order valence-corrected chi connectivity index (χ4v) is 6.46. The summed E-state index contributed by atoms with van der Waals surface area (Å²) in [6, 6.07) is -1.53. The summed E-state index contributed by atoms with van der Waals surface area (Å²) in [7, 11) is -4.72. The van der Waals surface area contributed by atoms with Gasteiger partial charge in [-0.1, -0.05) is 140 Å². The molecule has 12 nitrogen and oxygen atoms in total. The Kier molecular flexibility index (Phi) is 30.2. The topological polar surface area (TPSA) is 184 Å². The summed E-state index contributed by atoms with van der Waals surface area (Å²) in [4.78, 5) is 45.8. The molecule has 0 aromatic heterocycles. The van der Waals surface area contributed by atoms with Gasteiger partial charge in [0.25, 0.3) is 0 Å². The summed E-state index contributed by atoms with van der Waals surface area (Å²) >= 11 is 0. The molecule has 3 unspecified atom stereocenters. The lowest BCUT2D eigenvalue weighted by atomic mass is 10.0. The number of epoxide rings is 1. The van der Waals surface area contributed by atoms with Crippen molar-refractivity contribution < 1.29 is 52.2 Å². The van der Waals surface area contributed by atoms with Gasteiger partial charge in [0.2, 0.25) is 0 Å². The van der Waals surface area contributed by atoms with Gasteiger partial charge in [-0.05, 0) is 44.9 Å². The molecule has 1 aliphatic heterocycles. The van der Waals surface area contributed by atoms with Crippen molar-refractivity contribution in [2.24, 2.45) is 5.73 Å². The smallest absolute Gasteiger partial charge is 0.472 e. The molecule has 0 aromatic carbocycles. The average molecular weight is 786 g/mol. The van der Waals surface area contributed by atoms with E-state index in [1.807, 2.05) is 12.2 Å². The highest BCUT2D eigenvalue weighted by molar-refractivity contribution is 7.47. The van der Waals surface area contributed by atoms with Crippen LogP contribution in [0.15, 0.2) is 36.5 Å². The average Bonchev–Trinajstić information content (AvgIpc) is 3.90. The van der Waals surface area contributed by atoms with E-state index in [0.29, 0.717) is 31.5 Å². The molecule has 5 atom stereocenters. The third kappa shape index (κ3) is 29.9. The first-order chi connectivity index (χ1) is 26.1. The number of carbonyl (C=O) groups excluding carboxylic acids is 2. The summed E-state index contributed by atoms with van der Waals surface area (Å²) in [5.41, 5.74) is 5.32. The molecule has 54 heavy (non-hydrogen) atoms. The Balaban J connectivity index is 2.33. The second-order valence-electron chi connectivity index (χ2n) is 14.2. The summed E-state index contributed by atoms with van der Waals surface area (Å²) < 4.78 is 38.3. The van der Waals surface area contributed by atoms with Crippen molar-refractivity contribution in [1.82, 2.24) is 0 Å². The van der Waals surface area contributed by atoms with Gasteiger partial charge >= 0.3 is 25.7 Å². The van der Waals surface area contributed by atoms with Gasteiger partial charge < -0.3 is 29.9 Å². The molecular formula is C41H72NO11P. The molecule has 0 spiro atoms. The van der Waals surface area contributed by atoms with Crippen LogP contribution in [0, 0.1) is 0 Å². The first kappa shape index (κ1) is 49.7. The number of unbranched alkanes of at least 4 members (excludes halogenated alkanes) is 14. The minimum absolute atomic E-state index is 0.143. The van der Waals surface area contributed by atoms with Crippen LogP contribution in [-0.2, 0) is 42.2 Å². The van der Waals surface area contributed by atoms with E-state index in [9.17, 15) is 23.8 Å². The van der Waals surface area contributed by atoms with Crippen molar-refractivity contribution in [3.63, 3.8) is 0 Å². The van der Waals surface area contributed by atoms with Crippen molar-refractivity contribution in [3.8, 4) is 0 Å². The number of carboxylic acid groups (broad SMARTS) is 1. The van der Waals surface area contributed by atoms with Crippen LogP contribution in [0.3, 0.4) is 0 Å². The highest BCUT2D eigenvalue weighted by Crippen LogP contribution is 2.43. The Morgan fingerprint density at radius 2 is 1.22 bits per heavy atom. The van der Waals surface area contributed by atoms with Crippen LogP contribution in [0.4, 0.5) is 0 Å². The van der Waals surface area contributed by atoms with E-state index in [1.54, 1.807) is 0 Å². The quantitative estimate of drug-likeness (QED) is 0.0178. The summed E-state index contributed by atoms with van der Waals surface area (Å²) in [6.07, 6.45) is 35.4. The van der Waals surface area contributed by atoms with Crippen LogP contribution < -0.4 is 5.73 Å². The first-order valence-corrected chi connectivity index (χ1v) is 22.1. The van der Waals surface area contributed by atoms with Crippen molar-refractivity contribution in [2.75, 3.05) is 19.8 Å². The standard InChI is InChI=1S/C41H72NO11P/c1-3-5-7-8-9-10-11-12-17-20-23-27-31-40(44)52-35(33-50-54(47,48)51-34-36(42)41(45)46)32-49-39(43)30-26-22-19-16-14-13-15-18-21-25-29-38-37(53-38)28-24-6-4-2/h13,15-16,19,21,25,35-38H,3-12,14,17-18,20,22-24,26-34,42H2,1-2H3,(H,45,46)(H,47,48)/b15-13-,19-16-,25-21-/t35-,36+,37?,38?/m1/s1. The van der Waals surface area contributed by atoms with E-state index in [4.69, 9.17) is 29.6 Å². The fourth-order valence-electron chi connectivity index (χ4n) is 5.68. The van der Waals surface area contributed by atoms with Crippen LogP contribution in [0.25, 0.3) is 0 Å². The molecule has 0 saturated carbocycles. The lowest BCUT2D eigenvalue weighted by molar-refractivity contribution is -0.161. The van der Waals surface area contributed by atoms with E-state index in [1.165, 1.54) is 77.0 Å². The van der Waals surface area contributed by atoms with Crippen LogP contribution in [0.1, 0.15) is 162 Å². The van der Waals surface area contributed by atoms with Crippen molar-refractivity contribution in [3.05, 3.63) is 36.5 Å². The highest BCUT2D eigenvalue weighted by atomic mass is 31.2. The maximum atomic E-state index is 12.6. The van der Waals surface area contributed by atoms with Crippen LogP contribution in [0.5, 0.6) is 0 Å². The Hall–Kier alpha value is -2.34. The molecule has 0 amide bonds. The predicted molar refractivity (Wildman–Crippen MR) is 212 cm³/mol. The Morgan fingerprint density at radius 1 is 0.685 bits per heavy atom. The number of hydrogen-bond donors (Lipinski definition) is 3. The molecule has 0 aromatic rings. The van der Waals surface area contributed by atoms with E-state index in [2.05, 4.69) is 42.7 Å². The molecule has 1 saturated heterocycles. The molecule has 4 N–H and O–H groups in total. The SMILES string of the molecule is CCCCCCCCCCCCCCC(=O)O[C@H](COC(=O)CCC/C=C\C/C=C\C/C=C\CC1OC1CCCCC)COP(=O)(O)OC[C@H](N)C(=O)O. The number of ether oxygens (including phenoxy) is 3. The number of carbonyl (C=O) groups is 3. The molecule has 1 fully saturated rings. The molecule has 1 rings (SSSR count). The zero-order valence-corrected chi connectivity index (χ0v) is 34.1. The van der Waals surface area contributed by atoms with Gasteiger partial charge in [-0.25, -0.2) is 4.57 Å². The van der Waals surface area contributed by atoms with Gasteiger partial charge in [0.1, 0.15) is 12.6 Å². The maximum Gasteiger partial charge on any atom is 0.472 e. The van der Waals surface area contributed by atoms with E-state index >= 15 is 0 Å². The van der Waals surface area contributed by atoms with Crippen molar-refractivity contribution in [2.45, 2.75) is 186 Å². The Morgan fingerprint density at radius 3 is 1.85 bits per heavy atom. The van der Waals surface area contributed by atoms with Crippen molar-refractivity contribution >= 4 is 25.7 Å². The second kappa shape index (κ2) is 32.9. The zero-order chi connectivity index (χ0) is 39.7. The first-order valence-electron chi connectivity index (χ1n) is 20.6. The Labute approximate surface area is 325 Å². The predicted octanol–water partition coefficient (Wildman–Crippen LogP) is 9.44. The van der Waals surface area contributed by atoms with E-state index in [0.717, 1.165) is 38.5 Å². The number of nitrogens with two attached hydrogens (primary N) is 1. The van der Waals surface area contributed by atoms with Gasteiger partial charge in [0.05, 0.1) is 25.4 Å². The summed E-state index contributed by atoms with van der Waals surface area (Å²) in [5, 5.41) is 8.87. The maximum absolute atomic E-state index is 12.6. The normalized spacial score (nSPS) is 17.9. The number of carboxylic acids is 1. The largest absolute Gasteiger partial charge is 0.480 e. The lowest BCUT2D eigenvalue weighted by Gasteiger charge is -2.20. The van der Waals surface area contributed by atoms with Crippen LogP contribution in [0.2, 0.25) is 0 Å². The number of esters is 2. The second-order valence-corrected chi connectivity index (χ2v) is 15.6. The lowest BCUT2D eigenvalue weighted by Crippen LogP contribution is -2.34. The van der Waals surface area contributed by atoms with Crippen molar-refractivity contribution in [1.29, 1.82) is 0 Å². The summed E-state index contributed by atoms with van der Waals surface area (Å²) in [5.74, 6) is -2.46. The monoisotopic (exact) mass is 785 g/mol. The molecule has 0 aliphatic carbocycles. The van der Waals surface area contributed by atoms with Gasteiger partial charge in [-0.15, -0.1) is 0 Å². The number of rotatable bonds is 37. The molecule has 1 heterocycles. The van der Waals surface area contributed by atoms with Crippen LogP contribution in [-0.4, -0.2) is 72.1 Å². The molecule has 0 radical (unpaired) electrons. The third-order valence-electron chi connectivity index (χ3n) is 9.07. The number of aliphatic carboxylic acids is 1. The highest BCUT2D eigenvalue weighted by Gasteiger charge is 2.36. The number of phosphoric ester groups is 1. The van der Waals surface area contributed by atoms with Crippen LogP contribution >= 0.6 is 7.82 Å². The third-order valence-corrected chi connectivity index (χ3v) is 10.0. The van der Waals surface area contributed by atoms with Gasteiger partial charge in [-0.2, -0.15) is 0 Å².